The monoisotopic (exact) mass is 902 g/mol. The Morgan fingerprint density at radius 3 is 1.19 bits per heavy atom. The van der Waals surface area contributed by atoms with E-state index in [2.05, 4.69) is 0 Å². The van der Waals surface area contributed by atoms with Gasteiger partial charge in [0, 0.05) is 130 Å². The Hall–Kier alpha value is -3.67. The summed E-state index contributed by atoms with van der Waals surface area (Å²) in [7, 11) is 0. The number of carbonyl (C=O) groups excluding carboxylic acids is 4. The van der Waals surface area contributed by atoms with Gasteiger partial charge in [0.2, 0.25) is 23.6 Å². The van der Waals surface area contributed by atoms with Crippen LogP contribution in [0.3, 0.4) is 0 Å². The van der Waals surface area contributed by atoms with E-state index in [0.29, 0.717) is 126 Å². The Bertz CT molecular complexity index is 2140. The summed E-state index contributed by atoms with van der Waals surface area (Å²) in [4.78, 5) is 58.2. The van der Waals surface area contributed by atoms with Crippen molar-refractivity contribution in [3.8, 4) is 22.3 Å². The second-order valence-electron chi connectivity index (χ2n) is 13.4. The Morgan fingerprint density at radius 1 is 0.509 bits per heavy atom. The average molecular weight is 906 g/mol. The van der Waals surface area contributed by atoms with Crippen LogP contribution >= 0.6 is 81.4 Å². The largest absolute Gasteiger partial charge is 0.339 e. The Morgan fingerprint density at radius 2 is 0.860 bits per heavy atom. The number of amides is 4. The van der Waals surface area contributed by atoms with Gasteiger partial charge >= 0.3 is 0 Å². The van der Waals surface area contributed by atoms with Crippen molar-refractivity contribution in [1.82, 2.24) is 19.6 Å². The summed E-state index contributed by atoms with van der Waals surface area (Å²) in [6.45, 7) is 6.68. The molecule has 0 unspecified atom stereocenters. The van der Waals surface area contributed by atoms with E-state index in [0.717, 1.165) is 0 Å². The summed E-state index contributed by atoms with van der Waals surface area (Å²) < 4.78 is 0. The highest BCUT2D eigenvalue weighted by Crippen LogP contribution is 2.48. The molecule has 296 valence electrons. The molecule has 2 saturated heterocycles. The first kappa shape index (κ1) is 42.9. The minimum atomic E-state index is -0.188. The minimum Gasteiger partial charge on any atom is -0.339 e. The molecule has 4 aromatic rings. The fourth-order valence-electron chi connectivity index (χ4n) is 6.65. The van der Waals surface area contributed by atoms with Gasteiger partial charge in [0.1, 0.15) is 0 Å². The van der Waals surface area contributed by atoms with E-state index in [1.54, 1.807) is 68.1 Å². The smallest absolute Gasteiger partial charge is 0.246 e. The van der Waals surface area contributed by atoms with Crippen molar-refractivity contribution in [3.05, 3.63) is 114 Å². The fourth-order valence-corrected chi connectivity index (χ4v) is 9.32. The summed E-state index contributed by atoms with van der Waals surface area (Å²) in [5, 5.41) is 2.39. The van der Waals surface area contributed by atoms with Gasteiger partial charge in [-0.2, -0.15) is 0 Å². The Kier molecular flexibility index (Phi) is 14.3. The third-order valence-corrected chi connectivity index (χ3v) is 13.0. The van der Waals surface area contributed by atoms with Crippen LogP contribution in [0.25, 0.3) is 34.4 Å². The van der Waals surface area contributed by atoms with Crippen molar-refractivity contribution < 1.29 is 19.2 Å². The van der Waals surface area contributed by atoms with Crippen molar-refractivity contribution in [3.63, 3.8) is 0 Å². The quantitative estimate of drug-likeness (QED) is 0.165. The molecule has 0 spiro atoms. The van der Waals surface area contributed by atoms with Gasteiger partial charge < -0.3 is 19.6 Å². The van der Waals surface area contributed by atoms with Gasteiger partial charge in [-0.3, -0.25) is 19.2 Å². The van der Waals surface area contributed by atoms with Gasteiger partial charge in [0.15, 0.2) is 0 Å². The maximum atomic E-state index is 13.2. The molecular weight excluding hydrogens is 869 g/mol. The second-order valence-corrected chi connectivity index (χ2v) is 16.9. The average Bonchev–Trinajstić information content (AvgIpc) is 3.18. The van der Waals surface area contributed by atoms with Crippen LogP contribution in [0.1, 0.15) is 25.0 Å². The molecule has 4 aromatic carbocycles. The summed E-state index contributed by atoms with van der Waals surface area (Å²) in [5.41, 5.74) is 3.71. The highest BCUT2D eigenvalue weighted by Gasteiger charge is 2.24. The molecule has 2 heterocycles. The molecular formula is C42H36Cl6N4O4S. The van der Waals surface area contributed by atoms with Crippen molar-refractivity contribution in [1.29, 1.82) is 0 Å². The molecule has 4 amide bonds. The topological polar surface area (TPSA) is 81.2 Å². The van der Waals surface area contributed by atoms with Crippen LogP contribution in [0, 0.1) is 0 Å². The number of hydrogen-bond acceptors (Lipinski definition) is 5. The van der Waals surface area contributed by atoms with Crippen molar-refractivity contribution >= 4 is 117 Å². The molecule has 57 heavy (non-hydrogen) atoms. The van der Waals surface area contributed by atoms with Crippen LogP contribution in [0.4, 0.5) is 0 Å². The molecule has 0 bridgehead atoms. The standard InChI is InChI=1S/C42H36Cl6N4O4S/c1-25(53)49-15-19-51(20-16-49)37(55)13-5-27-3-11-35(41(47)39(27)31-9-7-29(43)23-33(31)45)57-36-12-4-28(40(42(36)48)32-10-8-30(44)24-34(32)46)6-14-38(56)52-21-17-50(18-22-52)26(2)54/h3-14,23-24H,15-22H2,1-2H3/b13-5+,14-6+. The Balaban J connectivity index is 1.35. The maximum Gasteiger partial charge on any atom is 0.246 e. The zero-order chi connectivity index (χ0) is 41.0. The SMILES string of the molecule is CC(=O)N1CCN(C(=O)/C=C/c2ccc(Sc3ccc(/C=C/C(=O)N4CCN(C(C)=O)CC4)c(-c4ccc(Cl)cc4Cl)c3Cl)c(Cl)c2-c2ccc(Cl)cc2Cl)CC1. The fraction of sp³-hybridized carbons (Fsp3) is 0.238. The zero-order valence-electron chi connectivity index (χ0n) is 30.8. The number of carbonyl (C=O) groups is 4. The van der Waals surface area contributed by atoms with Gasteiger partial charge in [-0.15, -0.1) is 0 Å². The van der Waals surface area contributed by atoms with Gasteiger partial charge in [0.05, 0.1) is 10.0 Å². The van der Waals surface area contributed by atoms with Crippen molar-refractivity contribution in [2.24, 2.45) is 0 Å². The van der Waals surface area contributed by atoms with E-state index in [4.69, 9.17) is 69.6 Å². The second kappa shape index (κ2) is 18.9. The van der Waals surface area contributed by atoms with E-state index in [1.165, 1.54) is 37.8 Å². The van der Waals surface area contributed by atoms with Crippen LogP contribution < -0.4 is 0 Å². The molecule has 0 aromatic heterocycles. The van der Waals surface area contributed by atoms with Crippen LogP contribution in [0.5, 0.6) is 0 Å². The lowest BCUT2D eigenvalue weighted by Crippen LogP contribution is -2.49. The van der Waals surface area contributed by atoms with E-state index < -0.39 is 0 Å². The first-order valence-electron chi connectivity index (χ1n) is 17.9. The number of hydrogen-bond donors (Lipinski definition) is 0. The van der Waals surface area contributed by atoms with Crippen molar-refractivity contribution in [2.45, 2.75) is 23.6 Å². The lowest BCUT2D eigenvalue weighted by atomic mass is 9.98. The summed E-state index contributed by atoms with van der Waals surface area (Å²) >= 11 is 41.9. The Labute approximate surface area is 365 Å². The van der Waals surface area contributed by atoms with E-state index in [-0.39, 0.29) is 23.6 Å². The number of halogens is 6. The highest BCUT2D eigenvalue weighted by molar-refractivity contribution is 7.99. The van der Waals surface area contributed by atoms with Crippen LogP contribution in [-0.2, 0) is 19.2 Å². The lowest BCUT2D eigenvalue weighted by Gasteiger charge is -2.33. The zero-order valence-corrected chi connectivity index (χ0v) is 36.2. The van der Waals surface area contributed by atoms with E-state index >= 15 is 0 Å². The molecule has 0 aliphatic carbocycles. The number of rotatable bonds is 8. The third-order valence-electron chi connectivity index (χ3n) is 9.78. The van der Waals surface area contributed by atoms with Gasteiger partial charge in [-0.1, -0.05) is 106 Å². The van der Waals surface area contributed by atoms with E-state index in [1.807, 2.05) is 24.3 Å². The predicted molar refractivity (Wildman–Crippen MR) is 234 cm³/mol. The van der Waals surface area contributed by atoms with Crippen molar-refractivity contribution in [2.75, 3.05) is 52.4 Å². The van der Waals surface area contributed by atoms with Crippen LogP contribution in [-0.4, -0.2) is 95.6 Å². The third kappa shape index (κ3) is 10.1. The first-order chi connectivity index (χ1) is 27.2. The molecule has 6 rings (SSSR count). The molecule has 8 nitrogen and oxygen atoms in total. The van der Waals surface area contributed by atoms with Gasteiger partial charge in [-0.25, -0.2) is 0 Å². The van der Waals surface area contributed by atoms with Crippen LogP contribution in [0.2, 0.25) is 30.1 Å². The minimum absolute atomic E-state index is 0.0153. The molecule has 2 aliphatic rings. The normalized spacial score (nSPS) is 14.9. The number of piperazine rings is 2. The molecule has 0 N–H and O–H groups in total. The van der Waals surface area contributed by atoms with E-state index in [9.17, 15) is 19.2 Å². The lowest BCUT2D eigenvalue weighted by molar-refractivity contribution is -0.135. The molecule has 0 radical (unpaired) electrons. The summed E-state index contributed by atoms with van der Waals surface area (Å²) in [6.07, 6.45) is 6.41. The summed E-state index contributed by atoms with van der Waals surface area (Å²) in [6, 6.07) is 17.7. The molecule has 15 heteroatoms. The number of benzene rings is 4. The molecule has 0 saturated carbocycles. The molecule has 0 atom stereocenters. The molecule has 2 aliphatic heterocycles. The van der Waals surface area contributed by atoms with Gasteiger partial charge in [0.25, 0.3) is 0 Å². The molecule has 2 fully saturated rings. The predicted octanol–water partition coefficient (Wildman–Crippen LogP) is 10.5. The number of nitrogens with zero attached hydrogens (tertiary/aromatic N) is 4. The maximum absolute atomic E-state index is 13.2. The van der Waals surface area contributed by atoms with Gasteiger partial charge in [-0.05, 0) is 59.7 Å². The van der Waals surface area contributed by atoms with Crippen LogP contribution in [0.15, 0.2) is 82.6 Å². The summed E-state index contributed by atoms with van der Waals surface area (Å²) in [5.74, 6) is -0.406. The first-order valence-corrected chi connectivity index (χ1v) is 21.0. The highest BCUT2D eigenvalue weighted by atomic mass is 35.5.